The molecule has 0 radical (unpaired) electrons. The van der Waals surface area contributed by atoms with Gasteiger partial charge in [0.1, 0.15) is 6.61 Å². The number of nitrogens with zero attached hydrogens (tertiary/aromatic N) is 1. The highest BCUT2D eigenvalue weighted by atomic mass is 16.6. The zero-order chi connectivity index (χ0) is 16.1. The minimum atomic E-state index is -0.259. The van der Waals surface area contributed by atoms with Crippen LogP contribution in [0.2, 0.25) is 0 Å². The summed E-state index contributed by atoms with van der Waals surface area (Å²) < 4.78 is 5.44. The van der Waals surface area contributed by atoms with E-state index in [1.165, 1.54) is 5.56 Å². The lowest BCUT2D eigenvalue weighted by Gasteiger charge is -2.16. The molecular formula is C19H22N2O2. The van der Waals surface area contributed by atoms with Gasteiger partial charge in [0.15, 0.2) is 0 Å². The Morgan fingerprint density at radius 2 is 1.70 bits per heavy atom. The van der Waals surface area contributed by atoms with Crippen LogP contribution in [0.3, 0.4) is 0 Å². The van der Waals surface area contributed by atoms with Crippen LogP contribution in [0.1, 0.15) is 17.0 Å². The lowest BCUT2D eigenvalue weighted by molar-refractivity contribution is 0.103. The van der Waals surface area contributed by atoms with Crippen molar-refractivity contribution in [3.8, 4) is 0 Å². The second-order valence-corrected chi connectivity index (χ2v) is 5.96. The van der Waals surface area contributed by atoms with Crippen LogP contribution in [0.15, 0.2) is 60.7 Å². The highest BCUT2D eigenvalue weighted by Gasteiger charge is 2.35. The molecule has 2 aromatic carbocycles. The Bertz CT molecular complexity index is 630. The number of carbonyl (C=O) groups is 1. The van der Waals surface area contributed by atoms with E-state index in [1.54, 1.807) is 4.90 Å². The van der Waals surface area contributed by atoms with Crippen molar-refractivity contribution in [3.05, 3.63) is 71.8 Å². The van der Waals surface area contributed by atoms with Crippen molar-refractivity contribution in [2.75, 3.05) is 19.6 Å². The summed E-state index contributed by atoms with van der Waals surface area (Å²) >= 11 is 0. The molecule has 1 aliphatic rings. The molecular weight excluding hydrogens is 288 g/mol. The minimum absolute atomic E-state index is 0.259. The Hall–Kier alpha value is -2.33. The maximum Gasteiger partial charge on any atom is 0.410 e. The Kier molecular flexibility index (Phi) is 4.93. The summed E-state index contributed by atoms with van der Waals surface area (Å²) in [5.74, 6) is 0.562. The van der Waals surface area contributed by atoms with Gasteiger partial charge in [-0.05, 0) is 23.6 Å². The first-order valence-corrected chi connectivity index (χ1v) is 7.98. The van der Waals surface area contributed by atoms with Gasteiger partial charge in [0.05, 0.1) is 0 Å². The summed E-state index contributed by atoms with van der Waals surface area (Å²) in [5.41, 5.74) is 8.14. The third-order valence-electron chi connectivity index (χ3n) is 4.43. The molecule has 0 aromatic heterocycles. The van der Waals surface area contributed by atoms with Crippen LogP contribution in [0.5, 0.6) is 0 Å². The molecule has 0 saturated carbocycles. The monoisotopic (exact) mass is 310 g/mol. The van der Waals surface area contributed by atoms with E-state index in [4.69, 9.17) is 10.5 Å². The molecule has 2 aromatic rings. The Balaban J connectivity index is 1.61. The summed E-state index contributed by atoms with van der Waals surface area (Å²) in [6.45, 7) is 2.20. The van der Waals surface area contributed by atoms with Crippen molar-refractivity contribution < 1.29 is 9.53 Å². The summed E-state index contributed by atoms with van der Waals surface area (Å²) in [6.07, 6.45) is -0.259. The summed E-state index contributed by atoms with van der Waals surface area (Å²) in [5, 5.41) is 0. The molecule has 1 aliphatic heterocycles. The normalized spacial score (nSPS) is 20.5. The number of hydrogen-bond donors (Lipinski definition) is 1. The van der Waals surface area contributed by atoms with Gasteiger partial charge in [-0.1, -0.05) is 60.7 Å². The second kappa shape index (κ2) is 7.29. The first kappa shape index (κ1) is 15.6. The predicted molar refractivity (Wildman–Crippen MR) is 89.9 cm³/mol. The molecule has 2 atom stereocenters. The van der Waals surface area contributed by atoms with Gasteiger partial charge in [0.2, 0.25) is 0 Å². The van der Waals surface area contributed by atoms with Crippen molar-refractivity contribution >= 4 is 6.09 Å². The van der Waals surface area contributed by atoms with E-state index in [1.807, 2.05) is 48.5 Å². The van der Waals surface area contributed by atoms with E-state index >= 15 is 0 Å². The number of rotatable bonds is 4. The van der Waals surface area contributed by atoms with Crippen LogP contribution in [0, 0.1) is 5.92 Å². The highest BCUT2D eigenvalue weighted by Crippen LogP contribution is 2.32. The fourth-order valence-corrected chi connectivity index (χ4v) is 3.15. The fraction of sp³-hybridized carbons (Fsp3) is 0.316. The van der Waals surface area contributed by atoms with Crippen molar-refractivity contribution in [1.29, 1.82) is 0 Å². The first-order valence-electron chi connectivity index (χ1n) is 7.98. The van der Waals surface area contributed by atoms with Gasteiger partial charge < -0.3 is 15.4 Å². The number of likely N-dealkylation sites (tertiary alicyclic amines) is 1. The molecule has 0 spiro atoms. The van der Waals surface area contributed by atoms with E-state index in [0.717, 1.165) is 5.56 Å². The smallest absolute Gasteiger partial charge is 0.410 e. The van der Waals surface area contributed by atoms with Gasteiger partial charge >= 0.3 is 6.09 Å². The van der Waals surface area contributed by atoms with E-state index in [0.29, 0.717) is 26.2 Å². The zero-order valence-electron chi connectivity index (χ0n) is 13.1. The van der Waals surface area contributed by atoms with Gasteiger partial charge in [-0.3, -0.25) is 0 Å². The number of amides is 1. The van der Waals surface area contributed by atoms with Gasteiger partial charge in [-0.2, -0.15) is 0 Å². The molecule has 23 heavy (non-hydrogen) atoms. The molecule has 0 bridgehead atoms. The van der Waals surface area contributed by atoms with Gasteiger partial charge in [-0.25, -0.2) is 4.79 Å². The van der Waals surface area contributed by atoms with Crippen LogP contribution in [0.25, 0.3) is 0 Å². The molecule has 1 fully saturated rings. The largest absolute Gasteiger partial charge is 0.445 e. The van der Waals surface area contributed by atoms with E-state index in [9.17, 15) is 4.79 Å². The van der Waals surface area contributed by atoms with Crippen LogP contribution in [-0.2, 0) is 11.3 Å². The average molecular weight is 310 g/mol. The zero-order valence-corrected chi connectivity index (χ0v) is 13.1. The SMILES string of the molecule is NC[C@@H]1CN(C(=O)OCc2ccccc2)C[C@H]1c1ccccc1. The van der Waals surface area contributed by atoms with Crippen LogP contribution >= 0.6 is 0 Å². The van der Waals surface area contributed by atoms with Crippen LogP contribution < -0.4 is 5.73 Å². The molecule has 1 saturated heterocycles. The lowest BCUT2D eigenvalue weighted by atomic mass is 9.89. The van der Waals surface area contributed by atoms with Crippen LogP contribution in [0.4, 0.5) is 4.79 Å². The maximum absolute atomic E-state index is 12.3. The molecule has 4 nitrogen and oxygen atoms in total. The van der Waals surface area contributed by atoms with Crippen LogP contribution in [-0.4, -0.2) is 30.6 Å². The molecule has 3 rings (SSSR count). The Morgan fingerprint density at radius 3 is 2.35 bits per heavy atom. The van der Waals surface area contributed by atoms with E-state index in [-0.39, 0.29) is 17.9 Å². The van der Waals surface area contributed by atoms with Crippen molar-refractivity contribution in [3.63, 3.8) is 0 Å². The van der Waals surface area contributed by atoms with E-state index in [2.05, 4.69) is 12.1 Å². The first-order chi connectivity index (χ1) is 11.3. The third kappa shape index (κ3) is 3.71. The average Bonchev–Trinajstić information content (AvgIpc) is 3.06. The minimum Gasteiger partial charge on any atom is -0.445 e. The summed E-state index contributed by atoms with van der Waals surface area (Å²) in [7, 11) is 0. The molecule has 1 amide bonds. The fourth-order valence-electron chi connectivity index (χ4n) is 3.15. The number of carbonyl (C=O) groups excluding carboxylic acids is 1. The number of hydrogen-bond acceptors (Lipinski definition) is 3. The number of nitrogens with two attached hydrogens (primary N) is 1. The van der Waals surface area contributed by atoms with Crippen molar-refractivity contribution in [2.24, 2.45) is 11.7 Å². The maximum atomic E-state index is 12.3. The quantitative estimate of drug-likeness (QED) is 0.944. The number of ether oxygens (including phenoxy) is 1. The molecule has 4 heteroatoms. The standard InChI is InChI=1S/C19H22N2O2/c20-11-17-12-21(13-18(17)16-9-5-2-6-10-16)19(22)23-14-15-7-3-1-4-8-15/h1-10,17-18H,11-14,20H2/t17-,18+/m1/s1. The third-order valence-corrected chi connectivity index (χ3v) is 4.43. The van der Waals surface area contributed by atoms with Crippen molar-refractivity contribution in [2.45, 2.75) is 12.5 Å². The predicted octanol–water partition coefficient (Wildman–Crippen LogP) is 3.00. The van der Waals surface area contributed by atoms with Gasteiger partial charge in [-0.15, -0.1) is 0 Å². The second-order valence-electron chi connectivity index (χ2n) is 5.96. The molecule has 0 aliphatic carbocycles. The Labute approximate surface area is 136 Å². The summed E-state index contributed by atoms with van der Waals surface area (Å²) in [6, 6.07) is 20.0. The van der Waals surface area contributed by atoms with Crippen molar-refractivity contribution in [1.82, 2.24) is 4.90 Å². The topological polar surface area (TPSA) is 55.6 Å². The van der Waals surface area contributed by atoms with Gasteiger partial charge in [0, 0.05) is 19.0 Å². The molecule has 120 valence electrons. The number of benzene rings is 2. The molecule has 1 heterocycles. The van der Waals surface area contributed by atoms with E-state index < -0.39 is 0 Å². The lowest BCUT2D eigenvalue weighted by Crippen LogP contribution is -2.30. The van der Waals surface area contributed by atoms with Gasteiger partial charge in [0.25, 0.3) is 0 Å². The molecule has 2 N–H and O–H groups in total. The Morgan fingerprint density at radius 1 is 1.04 bits per heavy atom. The summed E-state index contributed by atoms with van der Waals surface area (Å²) in [4.78, 5) is 14.1. The highest BCUT2D eigenvalue weighted by molar-refractivity contribution is 5.68. The molecule has 0 unspecified atom stereocenters.